The minimum Gasteiger partial charge on any atom is -0.197 e. The second kappa shape index (κ2) is 2.73. The Morgan fingerprint density at radius 1 is 0.714 bits per heavy atom. The molecule has 0 aromatic heterocycles. The Bertz CT molecular complexity index is 341. The van der Waals surface area contributed by atoms with E-state index in [9.17, 15) is 0 Å². The molecule has 0 aromatic carbocycles. The lowest BCUT2D eigenvalue weighted by molar-refractivity contribution is -0.0318. The summed E-state index contributed by atoms with van der Waals surface area (Å²) >= 11 is 0. The summed E-state index contributed by atoms with van der Waals surface area (Å²) in [6, 6.07) is 7.70. The Morgan fingerprint density at radius 3 is 1.07 bits per heavy atom. The highest BCUT2D eigenvalue weighted by molar-refractivity contribution is 5.39. The fraction of sp³-hybridized carbons (Fsp3) is 0.600. The molecule has 4 heteroatoms. The topological polar surface area (TPSA) is 95.2 Å². The average Bonchev–Trinajstić information content (AvgIpc) is 2.23. The summed E-state index contributed by atoms with van der Waals surface area (Å²) in [7, 11) is 0. The fourth-order valence-electron chi connectivity index (χ4n) is 2.20. The SMILES string of the molecule is CC1C(C#N)(C#N)C(C)C1(C#N)C#N. The molecule has 1 rings (SSSR count). The number of nitrogens with zero attached hydrogens (tertiary/aromatic N) is 4. The van der Waals surface area contributed by atoms with Crippen LogP contribution in [-0.4, -0.2) is 0 Å². The normalized spacial score (nSPS) is 31.0. The summed E-state index contributed by atoms with van der Waals surface area (Å²) in [4.78, 5) is 0. The van der Waals surface area contributed by atoms with Crippen LogP contribution in [-0.2, 0) is 0 Å². The zero-order chi connectivity index (χ0) is 11.0. The van der Waals surface area contributed by atoms with Crippen LogP contribution in [0.25, 0.3) is 0 Å². The van der Waals surface area contributed by atoms with Crippen LogP contribution in [0.3, 0.4) is 0 Å². The summed E-state index contributed by atoms with van der Waals surface area (Å²) in [5.41, 5.74) is -2.35. The Balaban J connectivity index is 3.25. The minimum atomic E-state index is -1.18. The molecule has 14 heavy (non-hydrogen) atoms. The van der Waals surface area contributed by atoms with Crippen molar-refractivity contribution in [3.8, 4) is 24.3 Å². The Morgan fingerprint density at radius 2 is 0.929 bits per heavy atom. The molecule has 0 heterocycles. The zero-order valence-corrected chi connectivity index (χ0v) is 7.94. The van der Waals surface area contributed by atoms with Gasteiger partial charge in [-0.2, -0.15) is 21.0 Å². The van der Waals surface area contributed by atoms with Gasteiger partial charge in [-0.15, -0.1) is 0 Å². The Labute approximate surface area is 82.6 Å². The molecule has 0 radical (unpaired) electrons. The van der Waals surface area contributed by atoms with Crippen LogP contribution >= 0.6 is 0 Å². The molecule has 0 bridgehead atoms. The standard InChI is InChI=1S/C10H8N4/c1-7-9(3-11,4-12)8(2)10(7,5-13)6-14/h7-8H,1-2H3. The molecule has 0 aromatic rings. The van der Waals surface area contributed by atoms with Gasteiger partial charge in [0.1, 0.15) is 0 Å². The highest BCUT2D eigenvalue weighted by Crippen LogP contribution is 2.62. The van der Waals surface area contributed by atoms with E-state index in [1.54, 1.807) is 13.8 Å². The highest BCUT2D eigenvalue weighted by Gasteiger charge is 2.70. The number of rotatable bonds is 0. The van der Waals surface area contributed by atoms with E-state index in [0.717, 1.165) is 0 Å². The van der Waals surface area contributed by atoms with Crippen molar-refractivity contribution < 1.29 is 0 Å². The first kappa shape index (κ1) is 10.0. The van der Waals surface area contributed by atoms with Gasteiger partial charge in [-0.05, 0) is 0 Å². The van der Waals surface area contributed by atoms with Crippen LogP contribution in [0.1, 0.15) is 13.8 Å². The van der Waals surface area contributed by atoms with Gasteiger partial charge in [-0.3, -0.25) is 0 Å². The Kier molecular flexibility index (Phi) is 1.96. The maximum Gasteiger partial charge on any atom is 0.153 e. The molecule has 0 unspecified atom stereocenters. The van der Waals surface area contributed by atoms with Gasteiger partial charge < -0.3 is 0 Å². The molecule has 0 N–H and O–H groups in total. The minimum absolute atomic E-state index is 0.519. The smallest absolute Gasteiger partial charge is 0.153 e. The molecule has 0 aliphatic heterocycles. The predicted molar refractivity (Wildman–Crippen MR) is 45.6 cm³/mol. The third kappa shape index (κ3) is 0.693. The zero-order valence-electron chi connectivity index (χ0n) is 7.94. The van der Waals surface area contributed by atoms with Crippen LogP contribution in [0.5, 0.6) is 0 Å². The molecule has 4 nitrogen and oxygen atoms in total. The first-order valence-electron chi connectivity index (χ1n) is 4.20. The van der Waals surface area contributed by atoms with Crippen molar-refractivity contribution in [3.63, 3.8) is 0 Å². The van der Waals surface area contributed by atoms with Crippen molar-refractivity contribution >= 4 is 0 Å². The summed E-state index contributed by atoms with van der Waals surface area (Å²) in [5, 5.41) is 35.6. The molecule has 1 aliphatic carbocycles. The second-order valence-corrected chi connectivity index (χ2v) is 3.63. The lowest BCUT2D eigenvalue weighted by atomic mass is 9.41. The maximum absolute atomic E-state index is 8.91. The first-order valence-corrected chi connectivity index (χ1v) is 4.20. The second-order valence-electron chi connectivity index (χ2n) is 3.63. The van der Waals surface area contributed by atoms with Crippen LogP contribution in [0, 0.1) is 68.0 Å². The number of nitriles is 4. The lowest BCUT2D eigenvalue weighted by Gasteiger charge is -2.52. The number of hydrogen-bond donors (Lipinski definition) is 0. The molecule has 0 atom stereocenters. The largest absolute Gasteiger partial charge is 0.197 e. The molecule has 0 amide bonds. The molecule has 1 aliphatic rings. The van der Waals surface area contributed by atoms with Gasteiger partial charge in [-0.1, -0.05) is 13.8 Å². The van der Waals surface area contributed by atoms with Crippen LogP contribution in [0.15, 0.2) is 0 Å². The first-order chi connectivity index (χ1) is 6.55. The van der Waals surface area contributed by atoms with Gasteiger partial charge >= 0.3 is 0 Å². The van der Waals surface area contributed by atoms with Crippen molar-refractivity contribution in [1.29, 1.82) is 21.0 Å². The van der Waals surface area contributed by atoms with Crippen molar-refractivity contribution in [2.45, 2.75) is 13.8 Å². The lowest BCUT2D eigenvalue weighted by Crippen LogP contribution is -2.60. The van der Waals surface area contributed by atoms with Gasteiger partial charge in [0.25, 0.3) is 0 Å². The van der Waals surface area contributed by atoms with Gasteiger partial charge in [0.2, 0.25) is 0 Å². The van der Waals surface area contributed by atoms with E-state index in [2.05, 4.69) is 0 Å². The van der Waals surface area contributed by atoms with Gasteiger partial charge in [0.05, 0.1) is 24.3 Å². The average molecular weight is 184 g/mol. The van der Waals surface area contributed by atoms with E-state index in [0.29, 0.717) is 0 Å². The molecule has 0 saturated heterocycles. The van der Waals surface area contributed by atoms with Crippen LogP contribution in [0.2, 0.25) is 0 Å². The third-order valence-electron chi connectivity index (χ3n) is 3.47. The van der Waals surface area contributed by atoms with Gasteiger partial charge in [-0.25, -0.2) is 0 Å². The highest BCUT2D eigenvalue weighted by atomic mass is 14.7. The molecule has 1 fully saturated rings. The van der Waals surface area contributed by atoms with E-state index < -0.39 is 22.7 Å². The van der Waals surface area contributed by atoms with Crippen LogP contribution in [0.4, 0.5) is 0 Å². The maximum atomic E-state index is 8.91. The van der Waals surface area contributed by atoms with E-state index >= 15 is 0 Å². The monoisotopic (exact) mass is 184 g/mol. The van der Waals surface area contributed by atoms with E-state index in [-0.39, 0.29) is 0 Å². The van der Waals surface area contributed by atoms with Crippen molar-refractivity contribution in [1.82, 2.24) is 0 Å². The third-order valence-corrected chi connectivity index (χ3v) is 3.47. The molecule has 68 valence electrons. The van der Waals surface area contributed by atoms with Crippen molar-refractivity contribution in [2.24, 2.45) is 22.7 Å². The van der Waals surface area contributed by atoms with Crippen molar-refractivity contribution in [3.05, 3.63) is 0 Å². The van der Waals surface area contributed by atoms with Gasteiger partial charge in [0.15, 0.2) is 10.8 Å². The molecule has 0 spiro atoms. The summed E-state index contributed by atoms with van der Waals surface area (Å²) < 4.78 is 0. The summed E-state index contributed by atoms with van der Waals surface area (Å²) in [5.74, 6) is -1.04. The van der Waals surface area contributed by atoms with Crippen LogP contribution < -0.4 is 0 Å². The van der Waals surface area contributed by atoms with Gasteiger partial charge in [0, 0.05) is 11.8 Å². The van der Waals surface area contributed by atoms with E-state index in [1.165, 1.54) is 0 Å². The summed E-state index contributed by atoms with van der Waals surface area (Å²) in [6.45, 7) is 3.22. The summed E-state index contributed by atoms with van der Waals surface area (Å²) in [6.07, 6.45) is 0. The predicted octanol–water partition coefficient (Wildman–Crippen LogP) is 1.34. The molecular weight excluding hydrogens is 176 g/mol. The fourth-order valence-corrected chi connectivity index (χ4v) is 2.20. The molecular formula is C10H8N4. The quantitative estimate of drug-likeness (QED) is 0.567. The van der Waals surface area contributed by atoms with E-state index in [4.69, 9.17) is 21.0 Å². The number of hydrogen-bond acceptors (Lipinski definition) is 4. The Hall–Kier alpha value is -2.04. The van der Waals surface area contributed by atoms with Crippen molar-refractivity contribution in [2.75, 3.05) is 0 Å². The molecule has 1 saturated carbocycles. The van der Waals surface area contributed by atoms with E-state index in [1.807, 2.05) is 24.3 Å².